The van der Waals surface area contributed by atoms with Crippen molar-refractivity contribution in [3.05, 3.63) is 35.4 Å². The summed E-state index contributed by atoms with van der Waals surface area (Å²) in [6, 6.07) is 7.38. The van der Waals surface area contributed by atoms with Crippen LogP contribution in [0.25, 0.3) is 0 Å². The Kier molecular flexibility index (Phi) is 2.41. The van der Waals surface area contributed by atoms with Crippen molar-refractivity contribution in [3.8, 4) is 0 Å². The van der Waals surface area contributed by atoms with Gasteiger partial charge in [0.05, 0.1) is 0 Å². The van der Waals surface area contributed by atoms with Gasteiger partial charge in [-0.1, -0.05) is 24.3 Å². The largest absolute Gasteiger partial charge is 0.295 e. The maximum atomic E-state index is 14.1. The van der Waals surface area contributed by atoms with E-state index in [9.17, 15) is 9.18 Å². The molecule has 0 atom stereocenters. The Morgan fingerprint density at radius 1 is 1.25 bits per heavy atom. The third-order valence-corrected chi connectivity index (χ3v) is 3.73. The molecule has 1 nitrogen and oxygen atoms in total. The number of Topliss-reactive ketones (excluding diaryl/α,β-unsaturated/α-hetero) is 1. The zero-order valence-corrected chi connectivity index (χ0v) is 10.0. The molecule has 0 bridgehead atoms. The van der Waals surface area contributed by atoms with E-state index in [1.807, 2.05) is 12.1 Å². The molecule has 1 aromatic carbocycles. The molecule has 0 heterocycles. The number of rotatable bonds is 3. The minimum absolute atomic E-state index is 0.0518. The Morgan fingerprint density at radius 3 is 2.06 bits per heavy atom. The summed E-state index contributed by atoms with van der Waals surface area (Å²) in [5.41, 5.74) is 0.203. The van der Waals surface area contributed by atoms with E-state index in [2.05, 4.69) is 0 Å². The van der Waals surface area contributed by atoms with Gasteiger partial charge in [-0.2, -0.15) is 0 Å². The lowest BCUT2D eigenvalue weighted by molar-refractivity contribution is 0.101. The molecule has 0 N–H and O–H groups in total. The van der Waals surface area contributed by atoms with Crippen molar-refractivity contribution in [2.75, 3.05) is 0 Å². The zero-order valence-electron chi connectivity index (χ0n) is 10.0. The third-order valence-electron chi connectivity index (χ3n) is 3.73. The number of carbonyl (C=O) groups is 1. The second kappa shape index (κ2) is 3.41. The molecular formula is C14H17FO. The monoisotopic (exact) mass is 220 g/mol. The normalized spacial score (nSPS) is 18.2. The summed E-state index contributed by atoms with van der Waals surface area (Å²) in [6.07, 6.45) is 1.80. The average molecular weight is 220 g/mol. The van der Waals surface area contributed by atoms with Crippen LogP contribution in [0, 0.1) is 0 Å². The Morgan fingerprint density at radius 2 is 1.75 bits per heavy atom. The first-order valence-electron chi connectivity index (χ1n) is 5.67. The molecular weight excluding hydrogens is 203 g/mol. The highest BCUT2D eigenvalue weighted by Crippen LogP contribution is 2.57. The lowest BCUT2D eigenvalue weighted by Gasteiger charge is -2.27. The highest BCUT2D eigenvalue weighted by atomic mass is 19.1. The van der Waals surface area contributed by atoms with Crippen molar-refractivity contribution in [1.82, 2.24) is 0 Å². The topological polar surface area (TPSA) is 17.1 Å². The number of alkyl halides is 1. The quantitative estimate of drug-likeness (QED) is 0.710. The predicted molar refractivity (Wildman–Crippen MR) is 62.5 cm³/mol. The Balaban J connectivity index is 2.33. The van der Waals surface area contributed by atoms with Crippen LogP contribution in [-0.2, 0) is 5.41 Å². The fraction of sp³-hybridized carbons (Fsp3) is 0.500. The van der Waals surface area contributed by atoms with Crippen molar-refractivity contribution >= 4 is 5.78 Å². The van der Waals surface area contributed by atoms with Gasteiger partial charge in [-0.25, -0.2) is 4.39 Å². The molecule has 0 aromatic heterocycles. The Labute approximate surface area is 95.7 Å². The van der Waals surface area contributed by atoms with E-state index in [0.29, 0.717) is 5.56 Å². The maximum absolute atomic E-state index is 14.1. The van der Waals surface area contributed by atoms with Crippen LogP contribution >= 0.6 is 0 Å². The van der Waals surface area contributed by atoms with Crippen LogP contribution in [0.15, 0.2) is 24.3 Å². The molecule has 0 radical (unpaired) electrons. The molecule has 1 aliphatic carbocycles. The summed E-state index contributed by atoms with van der Waals surface area (Å²) in [5.74, 6) is 0.0518. The SMILES string of the molecule is CC(=O)c1ccc(C2(C(C)(C)F)CC2)cc1. The highest BCUT2D eigenvalue weighted by molar-refractivity contribution is 5.94. The molecule has 86 valence electrons. The molecule has 2 rings (SSSR count). The van der Waals surface area contributed by atoms with Crippen LogP contribution in [0.5, 0.6) is 0 Å². The van der Waals surface area contributed by atoms with Gasteiger partial charge in [0.25, 0.3) is 0 Å². The van der Waals surface area contributed by atoms with Crippen LogP contribution in [0.3, 0.4) is 0 Å². The lowest BCUT2D eigenvalue weighted by Crippen LogP contribution is -2.31. The van der Waals surface area contributed by atoms with E-state index in [-0.39, 0.29) is 11.2 Å². The summed E-state index contributed by atoms with van der Waals surface area (Å²) >= 11 is 0. The van der Waals surface area contributed by atoms with E-state index in [4.69, 9.17) is 0 Å². The number of benzene rings is 1. The van der Waals surface area contributed by atoms with Gasteiger partial charge in [-0.15, -0.1) is 0 Å². The minimum Gasteiger partial charge on any atom is -0.295 e. The number of ketones is 1. The van der Waals surface area contributed by atoms with E-state index in [1.54, 1.807) is 32.9 Å². The van der Waals surface area contributed by atoms with E-state index >= 15 is 0 Å². The van der Waals surface area contributed by atoms with Crippen LogP contribution in [0.1, 0.15) is 49.5 Å². The van der Waals surface area contributed by atoms with Crippen molar-refractivity contribution in [2.45, 2.75) is 44.7 Å². The van der Waals surface area contributed by atoms with Gasteiger partial charge in [0.2, 0.25) is 0 Å². The van der Waals surface area contributed by atoms with Gasteiger partial charge < -0.3 is 0 Å². The van der Waals surface area contributed by atoms with Crippen LogP contribution < -0.4 is 0 Å². The van der Waals surface area contributed by atoms with Crippen molar-refractivity contribution < 1.29 is 9.18 Å². The second-order valence-electron chi connectivity index (χ2n) is 5.19. The fourth-order valence-electron chi connectivity index (χ4n) is 2.38. The van der Waals surface area contributed by atoms with Gasteiger partial charge in [0.1, 0.15) is 5.67 Å². The molecule has 2 heteroatoms. The first kappa shape index (κ1) is 11.3. The van der Waals surface area contributed by atoms with Crippen molar-refractivity contribution in [1.29, 1.82) is 0 Å². The smallest absolute Gasteiger partial charge is 0.159 e. The van der Waals surface area contributed by atoms with E-state index in [0.717, 1.165) is 18.4 Å². The van der Waals surface area contributed by atoms with Gasteiger partial charge in [0.15, 0.2) is 5.78 Å². The Bertz CT molecular complexity index is 407. The number of hydrogen-bond acceptors (Lipinski definition) is 1. The van der Waals surface area contributed by atoms with Gasteiger partial charge in [-0.3, -0.25) is 4.79 Å². The molecule has 1 aliphatic rings. The molecule has 1 saturated carbocycles. The Hall–Kier alpha value is -1.18. The van der Waals surface area contributed by atoms with Gasteiger partial charge >= 0.3 is 0 Å². The molecule has 16 heavy (non-hydrogen) atoms. The van der Waals surface area contributed by atoms with Gasteiger partial charge in [-0.05, 0) is 39.2 Å². The van der Waals surface area contributed by atoms with E-state index < -0.39 is 5.67 Å². The first-order chi connectivity index (χ1) is 7.37. The molecule has 0 aliphatic heterocycles. The second-order valence-corrected chi connectivity index (χ2v) is 5.19. The first-order valence-corrected chi connectivity index (χ1v) is 5.67. The summed E-state index contributed by atoms with van der Waals surface area (Å²) < 4.78 is 14.1. The highest BCUT2D eigenvalue weighted by Gasteiger charge is 2.56. The van der Waals surface area contributed by atoms with Crippen molar-refractivity contribution in [3.63, 3.8) is 0 Å². The standard InChI is InChI=1S/C14H17FO/c1-10(16)11-4-6-12(7-5-11)14(8-9-14)13(2,3)15/h4-7H,8-9H2,1-3H3. The summed E-state index contributed by atoms with van der Waals surface area (Å²) in [7, 11) is 0. The average Bonchev–Trinajstić information content (AvgIpc) is 2.97. The molecule has 0 spiro atoms. The van der Waals surface area contributed by atoms with Gasteiger partial charge in [0, 0.05) is 11.0 Å². The molecule has 0 saturated heterocycles. The summed E-state index contributed by atoms with van der Waals surface area (Å²) in [5, 5.41) is 0. The maximum Gasteiger partial charge on any atom is 0.159 e. The molecule has 1 aromatic rings. The minimum atomic E-state index is -1.19. The van der Waals surface area contributed by atoms with Crippen LogP contribution in [-0.4, -0.2) is 11.5 Å². The summed E-state index contributed by atoms with van der Waals surface area (Å²) in [6.45, 7) is 4.82. The van der Waals surface area contributed by atoms with Crippen LogP contribution in [0.4, 0.5) is 4.39 Å². The predicted octanol–water partition coefficient (Wildman–Crippen LogP) is 3.67. The zero-order chi connectivity index (χ0) is 12.0. The number of halogens is 1. The van der Waals surface area contributed by atoms with Crippen molar-refractivity contribution in [2.24, 2.45) is 0 Å². The lowest BCUT2D eigenvalue weighted by atomic mass is 9.82. The molecule has 0 unspecified atom stereocenters. The van der Waals surface area contributed by atoms with Crippen LogP contribution in [0.2, 0.25) is 0 Å². The van der Waals surface area contributed by atoms with E-state index in [1.165, 1.54) is 0 Å². The summed E-state index contributed by atoms with van der Waals surface area (Å²) in [4.78, 5) is 11.1. The third kappa shape index (κ3) is 1.66. The number of hydrogen-bond donors (Lipinski definition) is 0. The molecule has 1 fully saturated rings. The molecule has 0 amide bonds. The number of carbonyl (C=O) groups excluding carboxylic acids is 1. The fourth-order valence-corrected chi connectivity index (χ4v) is 2.38.